The van der Waals surface area contributed by atoms with Crippen molar-refractivity contribution in [2.24, 2.45) is 17.8 Å². The number of halogens is 3. The van der Waals surface area contributed by atoms with Crippen LogP contribution in [0.1, 0.15) is 24.8 Å². The molecular weight excluding hydrogens is 267 g/mol. The van der Waals surface area contributed by atoms with E-state index in [0.717, 1.165) is 29.9 Å². The molecule has 2 unspecified atom stereocenters. The summed E-state index contributed by atoms with van der Waals surface area (Å²) in [6.45, 7) is 1.56. The van der Waals surface area contributed by atoms with Gasteiger partial charge in [-0.25, -0.2) is 0 Å². The van der Waals surface area contributed by atoms with Crippen LogP contribution in [0.3, 0.4) is 0 Å². The Bertz CT molecular complexity index is 464. The Labute approximate surface area is 116 Å². The van der Waals surface area contributed by atoms with Gasteiger partial charge < -0.3 is 10.1 Å². The van der Waals surface area contributed by atoms with Gasteiger partial charge in [0.2, 0.25) is 0 Å². The summed E-state index contributed by atoms with van der Waals surface area (Å²) >= 11 is 0. The third-order valence-electron chi connectivity index (χ3n) is 4.43. The lowest BCUT2D eigenvalue weighted by molar-refractivity contribution is -0.274. The van der Waals surface area contributed by atoms with Crippen LogP contribution in [0, 0.1) is 17.8 Å². The largest absolute Gasteiger partial charge is 0.573 e. The molecule has 2 saturated carbocycles. The number of hydrogen-bond donors (Lipinski definition) is 1. The highest BCUT2D eigenvalue weighted by Crippen LogP contribution is 2.57. The Hall–Kier alpha value is -1.23. The monoisotopic (exact) mass is 285 g/mol. The molecule has 0 heterocycles. The molecule has 3 rings (SSSR count). The molecule has 20 heavy (non-hydrogen) atoms. The van der Waals surface area contributed by atoms with Crippen molar-refractivity contribution in [2.75, 3.05) is 6.54 Å². The molecule has 2 aliphatic carbocycles. The van der Waals surface area contributed by atoms with Crippen LogP contribution in [-0.2, 0) is 6.54 Å². The molecule has 0 amide bonds. The maximum Gasteiger partial charge on any atom is 0.573 e. The van der Waals surface area contributed by atoms with Crippen LogP contribution in [0.4, 0.5) is 13.2 Å². The third kappa shape index (κ3) is 3.26. The normalized spacial score (nSPS) is 28.2. The maximum atomic E-state index is 12.1. The fraction of sp³-hybridized carbons (Fsp3) is 0.600. The maximum absolute atomic E-state index is 12.1. The molecule has 1 aromatic carbocycles. The predicted octanol–water partition coefficient (Wildman–Crippen LogP) is 3.72. The number of rotatable bonds is 5. The van der Waals surface area contributed by atoms with Gasteiger partial charge in [-0.05, 0) is 54.8 Å². The van der Waals surface area contributed by atoms with Crippen molar-refractivity contribution in [3.63, 3.8) is 0 Å². The van der Waals surface area contributed by atoms with E-state index in [1.807, 2.05) is 6.07 Å². The molecule has 2 fully saturated rings. The molecule has 2 atom stereocenters. The minimum atomic E-state index is -4.63. The highest BCUT2D eigenvalue weighted by atomic mass is 19.4. The number of ether oxygens (including phenoxy) is 1. The lowest BCUT2D eigenvalue weighted by atomic mass is 10.1. The lowest BCUT2D eigenvalue weighted by Crippen LogP contribution is -2.19. The van der Waals surface area contributed by atoms with Gasteiger partial charge in [0.1, 0.15) is 5.75 Å². The van der Waals surface area contributed by atoms with Crippen molar-refractivity contribution in [2.45, 2.75) is 32.2 Å². The third-order valence-corrected chi connectivity index (χ3v) is 4.43. The first-order valence-electron chi connectivity index (χ1n) is 7.08. The summed E-state index contributed by atoms with van der Waals surface area (Å²) in [6.07, 6.45) is -0.558. The van der Waals surface area contributed by atoms with E-state index in [2.05, 4.69) is 10.1 Å². The van der Waals surface area contributed by atoms with Crippen LogP contribution < -0.4 is 10.1 Å². The van der Waals surface area contributed by atoms with Gasteiger partial charge in [0.15, 0.2) is 0 Å². The summed E-state index contributed by atoms with van der Waals surface area (Å²) in [7, 11) is 0. The predicted molar refractivity (Wildman–Crippen MR) is 69.2 cm³/mol. The summed E-state index contributed by atoms with van der Waals surface area (Å²) in [5, 5.41) is 3.35. The van der Waals surface area contributed by atoms with Gasteiger partial charge in [-0.1, -0.05) is 18.6 Å². The van der Waals surface area contributed by atoms with E-state index in [9.17, 15) is 13.2 Å². The second-order valence-electron chi connectivity index (χ2n) is 5.75. The van der Waals surface area contributed by atoms with Gasteiger partial charge in [0.25, 0.3) is 0 Å². The Balaban J connectivity index is 1.46. The average molecular weight is 285 g/mol. The van der Waals surface area contributed by atoms with Gasteiger partial charge in [-0.3, -0.25) is 0 Å². The molecule has 1 N–H and O–H groups in total. The van der Waals surface area contributed by atoms with E-state index >= 15 is 0 Å². The van der Waals surface area contributed by atoms with Crippen LogP contribution >= 0.6 is 0 Å². The number of alkyl halides is 3. The quantitative estimate of drug-likeness (QED) is 0.890. The zero-order valence-corrected chi connectivity index (χ0v) is 11.1. The average Bonchev–Trinajstić information content (AvgIpc) is 2.81. The van der Waals surface area contributed by atoms with Crippen LogP contribution in [0.15, 0.2) is 24.3 Å². The van der Waals surface area contributed by atoms with Crippen LogP contribution in [0.5, 0.6) is 5.75 Å². The summed E-state index contributed by atoms with van der Waals surface area (Å²) < 4.78 is 40.3. The van der Waals surface area contributed by atoms with Crippen molar-refractivity contribution < 1.29 is 17.9 Å². The van der Waals surface area contributed by atoms with Crippen molar-refractivity contribution in [1.29, 1.82) is 0 Å². The highest BCUT2D eigenvalue weighted by Gasteiger charge is 2.51. The van der Waals surface area contributed by atoms with Crippen LogP contribution in [-0.4, -0.2) is 12.9 Å². The smallest absolute Gasteiger partial charge is 0.406 e. The van der Waals surface area contributed by atoms with Gasteiger partial charge in [0, 0.05) is 6.54 Å². The molecule has 1 aromatic rings. The number of fused-ring (bicyclic) bond motifs is 1. The van der Waals surface area contributed by atoms with Gasteiger partial charge in [0.05, 0.1) is 0 Å². The fourth-order valence-corrected chi connectivity index (χ4v) is 3.51. The minimum Gasteiger partial charge on any atom is -0.406 e. The molecule has 110 valence electrons. The van der Waals surface area contributed by atoms with E-state index in [-0.39, 0.29) is 5.75 Å². The van der Waals surface area contributed by atoms with E-state index in [1.165, 1.54) is 31.4 Å². The summed E-state index contributed by atoms with van der Waals surface area (Å²) in [5.74, 6) is 2.45. The molecule has 0 aromatic heterocycles. The summed E-state index contributed by atoms with van der Waals surface area (Å²) in [6, 6.07) is 6.16. The molecule has 2 aliphatic rings. The van der Waals surface area contributed by atoms with Crippen molar-refractivity contribution in [1.82, 2.24) is 5.32 Å². The standard InChI is InChI=1S/C15H18F3NO/c16-15(17,18)20-11-4-1-3-10(7-11)8-19-9-14-12-5-2-6-13(12)14/h1,3-4,7,12-14,19H,2,5-6,8-9H2. The minimum absolute atomic E-state index is 0.153. The molecule has 0 aliphatic heterocycles. The Morgan fingerprint density at radius 2 is 1.95 bits per heavy atom. The molecule has 5 heteroatoms. The molecule has 0 spiro atoms. The first-order valence-corrected chi connectivity index (χ1v) is 7.08. The highest BCUT2D eigenvalue weighted by molar-refractivity contribution is 5.28. The molecule has 0 radical (unpaired) electrons. The number of hydrogen-bond acceptors (Lipinski definition) is 2. The Morgan fingerprint density at radius 1 is 1.20 bits per heavy atom. The Kier molecular flexibility index (Phi) is 3.63. The summed E-state index contributed by atoms with van der Waals surface area (Å²) in [4.78, 5) is 0. The zero-order chi connectivity index (χ0) is 14.2. The van der Waals surface area contributed by atoms with Gasteiger partial charge >= 0.3 is 6.36 Å². The van der Waals surface area contributed by atoms with Crippen LogP contribution in [0.25, 0.3) is 0 Å². The van der Waals surface area contributed by atoms with Crippen molar-refractivity contribution >= 4 is 0 Å². The van der Waals surface area contributed by atoms with Gasteiger partial charge in [-0.2, -0.15) is 0 Å². The Morgan fingerprint density at radius 3 is 2.65 bits per heavy atom. The molecule has 2 nitrogen and oxygen atoms in total. The molecular formula is C15H18F3NO. The van der Waals surface area contributed by atoms with E-state index in [1.54, 1.807) is 6.07 Å². The van der Waals surface area contributed by atoms with E-state index < -0.39 is 6.36 Å². The molecule has 0 saturated heterocycles. The second kappa shape index (κ2) is 5.28. The van der Waals surface area contributed by atoms with Gasteiger partial charge in [-0.15, -0.1) is 13.2 Å². The summed E-state index contributed by atoms with van der Waals surface area (Å²) in [5.41, 5.74) is 0.817. The first kappa shape index (κ1) is 13.7. The lowest BCUT2D eigenvalue weighted by Gasteiger charge is -2.11. The van der Waals surface area contributed by atoms with Crippen molar-refractivity contribution in [3.8, 4) is 5.75 Å². The SMILES string of the molecule is FC(F)(F)Oc1cccc(CNCC2C3CCCC32)c1. The molecule has 0 bridgehead atoms. The number of benzene rings is 1. The van der Waals surface area contributed by atoms with Crippen molar-refractivity contribution in [3.05, 3.63) is 29.8 Å². The fourth-order valence-electron chi connectivity index (χ4n) is 3.51. The second-order valence-corrected chi connectivity index (χ2v) is 5.75. The number of nitrogens with one attached hydrogen (secondary N) is 1. The van der Waals surface area contributed by atoms with E-state index in [4.69, 9.17) is 0 Å². The first-order chi connectivity index (χ1) is 9.53. The van der Waals surface area contributed by atoms with E-state index in [0.29, 0.717) is 6.54 Å². The van der Waals surface area contributed by atoms with Crippen LogP contribution in [0.2, 0.25) is 0 Å². The topological polar surface area (TPSA) is 21.3 Å². The zero-order valence-electron chi connectivity index (χ0n) is 11.1.